The van der Waals surface area contributed by atoms with Crippen LogP contribution in [0.15, 0.2) is 53.5 Å². The maximum atomic E-state index is 12.5. The fourth-order valence-electron chi connectivity index (χ4n) is 1.83. The number of hydrogen-bond donors (Lipinski definition) is 3. The molecule has 7 heteroatoms. The third-order valence-corrected chi connectivity index (χ3v) is 3.72. The Morgan fingerprint density at radius 1 is 1.30 bits per heavy atom. The number of benzene rings is 1. The SMILES string of the molecule is CS/C(=C\C=C\C(=O)NO)CC(=O)N(CCO)c1ccccc1. The lowest BCUT2D eigenvalue weighted by Gasteiger charge is -2.22. The molecule has 1 aromatic carbocycles. The predicted molar refractivity (Wildman–Crippen MR) is 91.2 cm³/mol. The summed E-state index contributed by atoms with van der Waals surface area (Å²) in [7, 11) is 0. The molecular weight excluding hydrogens is 316 g/mol. The van der Waals surface area contributed by atoms with Gasteiger partial charge >= 0.3 is 0 Å². The summed E-state index contributed by atoms with van der Waals surface area (Å²) >= 11 is 1.39. The van der Waals surface area contributed by atoms with Crippen LogP contribution >= 0.6 is 11.8 Å². The molecular formula is C16H20N2O4S. The van der Waals surface area contributed by atoms with Crippen LogP contribution in [0.1, 0.15) is 6.42 Å². The van der Waals surface area contributed by atoms with Gasteiger partial charge in [-0.15, -0.1) is 11.8 Å². The molecule has 124 valence electrons. The highest BCUT2D eigenvalue weighted by Crippen LogP contribution is 2.21. The number of rotatable bonds is 8. The Labute approximate surface area is 139 Å². The molecule has 6 nitrogen and oxygen atoms in total. The third-order valence-electron chi connectivity index (χ3n) is 2.92. The topological polar surface area (TPSA) is 89.9 Å². The first-order valence-electron chi connectivity index (χ1n) is 6.94. The van der Waals surface area contributed by atoms with Gasteiger partial charge in [0.25, 0.3) is 5.91 Å². The van der Waals surface area contributed by atoms with E-state index >= 15 is 0 Å². The first-order valence-corrected chi connectivity index (χ1v) is 8.16. The molecule has 0 bridgehead atoms. The largest absolute Gasteiger partial charge is 0.395 e. The van der Waals surface area contributed by atoms with Gasteiger partial charge in [0.1, 0.15) is 0 Å². The lowest BCUT2D eigenvalue weighted by Crippen LogP contribution is -2.33. The number of thioether (sulfide) groups is 1. The van der Waals surface area contributed by atoms with Gasteiger partial charge in [-0.05, 0) is 23.3 Å². The van der Waals surface area contributed by atoms with Crippen molar-refractivity contribution >= 4 is 29.3 Å². The van der Waals surface area contributed by atoms with Crippen molar-refractivity contribution in [2.45, 2.75) is 6.42 Å². The minimum absolute atomic E-state index is 0.129. The van der Waals surface area contributed by atoms with Gasteiger partial charge < -0.3 is 10.0 Å². The highest BCUT2D eigenvalue weighted by molar-refractivity contribution is 8.02. The quantitative estimate of drug-likeness (QED) is 0.291. The van der Waals surface area contributed by atoms with Crippen molar-refractivity contribution < 1.29 is 19.9 Å². The average molecular weight is 336 g/mol. The van der Waals surface area contributed by atoms with E-state index in [9.17, 15) is 14.7 Å². The summed E-state index contributed by atoms with van der Waals surface area (Å²) in [4.78, 5) is 25.7. The van der Waals surface area contributed by atoms with E-state index in [4.69, 9.17) is 5.21 Å². The fourth-order valence-corrected chi connectivity index (χ4v) is 2.31. The van der Waals surface area contributed by atoms with Crippen molar-refractivity contribution in [1.82, 2.24) is 5.48 Å². The normalized spacial score (nSPS) is 11.5. The number of amides is 2. The Morgan fingerprint density at radius 2 is 2.00 bits per heavy atom. The molecule has 0 fully saturated rings. The Balaban J connectivity index is 2.81. The zero-order chi connectivity index (χ0) is 17.1. The van der Waals surface area contributed by atoms with E-state index in [1.165, 1.54) is 28.2 Å². The van der Waals surface area contributed by atoms with Crippen LogP contribution in [0.2, 0.25) is 0 Å². The van der Waals surface area contributed by atoms with E-state index < -0.39 is 5.91 Å². The zero-order valence-electron chi connectivity index (χ0n) is 12.8. The van der Waals surface area contributed by atoms with Crippen LogP contribution < -0.4 is 10.4 Å². The Kier molecular flexibility index (Phi) is 8.74. The zero-order valence-corrected chi connectivity index (χ0v) is 13.6. The Bertz CT molecular complexity index is 573. The van der Waals surface area contributed by atoms with E-state index in [1.54, 1.807) is 6.08 Å². The summed E-state index contributed by atoms with van der Waals surface area (Å²) < 4.78 is 0. The van der Waals surface area contributed by atoms with Crippen LogP contribution in [0.4, 0.5) is 5.69 Å². The second-order valence-corrected chi connectivity index (χ2v) is 5.39. The maximum absolute atomic E-state index is 12.5. The molecule has 0 radical (unpaired) electrons. The Morgan fingerprint density at radius 3 is 2.57 bits per heavy atom. The molecule has 0 saturated carbocycles. The summed E-state index contributed by atoms with van der Waals surface area (Å²) in [5.74, 6) is -0.787. The van der Waals surface area contributed by atoms with Gasteiger partial charge in [-0.2, -0.15) is 0 Å². The molecule has 0 aliphatic heterocycles. The number of hydroxylamine groups is 1. The van der Waals surface area contributed by atoms with E-state index in [1.807, 2.05) is 36.6 Å². The Hall–Kier alpha value is -2.09. The van der Waals surface area contributed by atoms with Crippen molar-refractivity contribution in [3.8, 4) is 0 Å². The molecule has 0 aliphatic rings. The molecule has 0 aliphatic carbocycles. The van der Waals surface area contributed by atoms with Gasteiger partial charge in [0.2, 0.25) is 5.91 Å². The molecule has 0 atom stereocenters. The molecule has 0 spiro atoms. The number of allylic oxidation sites excluding steroid dienone is 2. The number of para-hydroxylation sites is 1. The predicted octanol–water partition coefficient (Wildman–Crippen LogP) is 1.71. The fraction of sp³-hybridized carbons (Fsp3) is 0.250. The lowest BCUT2D eigenvalue weighted by molar-refractivity contribution is -0.124. The average Bonchev–Trinajstić information content (AvgIpc) is 2.59. The molecule has 23 heavy (non-hydrogen) atoms. The van der Waals surface area contributed by atoms with E-state index in [-0.39, 0.29) is 25.5 Å². The van der Waals surface area contributed by atoms with Crippen molar-refractivity contribution in [3.63, 3.8) is 0 Å². The number of nitrogens with zero attached hydrogens (tertiary/aromatic N) is 1. The minimum atomic E-state index is -0.640. The van der Waals surface area contributed by atoms with Gasteiger partial charge in [-0.3, -0.25) is 14.8 Å². The molecule has 1 rings (SSSR count). The molecule has 3 N–H and O–H groups in total. The third kappa shape index (κ3) is 6.68. The first kappa shape index (κ1) is 19.0. The van der Waals surface area contributed by atoms with Crippen LogP contribution in [0.5, 0.6) is 0 Å². The molecule has 0 aromatic heterocycles. The smallest absolute Gasteiger partial charge is 0.267 e. The molecule has 0 saturated heterocycles. The molecule has 0 unspecified atom stereocenters. The summed E-state index contributed by atoms with van der Waals surface area (Å²) in [5, 5.41) is 17.6. The maximum Gasteiger partial charge on any atom is 0.267 e. The second kappa shape index (κ2) is 10.6. The van der Waals surface area contributed by atoms with Crippen molar-refractivity contribution in [3.05, 3.63) is 53.5 Å². The standard InChI is InChI=1S/C16H20N2O4S/c1-23-14(8-5-9-15(20)17-22)12-16(21)18(10-11-19)13-6-3-2-4-7-13/h2-9,19,22H,10-12H2,1H3,(H,17,20)/b9-5+,14-8-. The van der Waals surface area contributed by atoms with Crippen LogP contribution in [-0.4, -0.2) is 41.5 Å². The number of aliphatic hydroxyl groups is 1. The number of aliphatic hydroxyl groups excluding tert-OH is 1. The van der Waals surface area contributed by atoms with Gasteiger partial charge in [0.05, 0.1) is 13.0 Å². The molecule has 0 heterocycles. The van der Waals surface area contributed by atoms with E-state index in [0.29, 0.717) is 0 Å². The van der Waals surface area contributed by atoms with Crippen LogP contribution in [0, 0.1) is 0 Å². The van der Waals surface area contributed by atoms with Crippen molar-refractivity contribution in [2.75, 3.05) is 24.3 Å². The van der Waals surface area contributed by atoms with Gasteiger partial charge in [-0.25, -0.2) is 5.48 Å². The number of hydrogen-bond acceptors (Lipinski definition) is 5. The van der Waals surface area contributed by atoms with Crippen molar-refractivity contribution in [1.29, 1.82) is 0 Å². The first-order chi connectivity index (χ1) is 11.1. The van der Waals surface area contributed by atoms with E-state index in [2.05, 4.69) is 0 Å². The number of carbonyl (C=O) groups excluding carboxylic acids is 2. The minimum Gasteiger partial charge on any atom is -0.395 e. The van der Waals surface area contributed by atoms with Gasteiger partial charge in [-0.1, -0.05) is 30.4 Å². The van der Waals surface area contributed by atoms with Crippen LogP contribution in [0.25, 0.3) is 0 Å². The highest BCUT2D eigenvalue weighted by atomic mass is 32.2. The molecule has 2 amide bonds. The number of nitrogens with one attached hydrogen (secondary N) is 1. The summed E-state index contributed by atoms with van der Waals surface area (Å²) in [5.41, 5.74) is 2.21. The van der Waals surface area contributed by atoms with E-state index in [0.717, 1.165) is 16.7 Å². The summed E-state index contributed by atoms with van der Waals surface area (Å²) in [6, 6.07) is 9.13. The number of carbonyl (C=O) groups is 2. The van der Waals surface area contributed by atoms with Crippen molar-refractivity contribution in [2.24, 2.45) is 0 Å². The summed E-state index contributed by atoms with van der Waals surface area (Å²) in [6.45, 7) is 0.0861. The highest BCUT2D eigenvalue weighted by Gasteiger charge is 2.16. The van der Waals surface area contributed by atoms with Gasteiger partial charge in [0.15, 0.2) is 0 Å². The molecule has 1 aromatic rings. The van der Waals surface area contributed by atoms with Crippen LogP contribution in [0.3, 0.4) is 0 Å². The second-order valence-electron chi connectivity index (χ2n) is 4.45. The monoisotopic (exact) mass is 336 g/mol. The summed E-state index contributed by atoms with van der Waals surface area (Å²) in [6.07, 6.45) is 6.24. The van der Waals surface area contributed by atoms with Gasteiger partial charge in [0, 0.05) is 18.3 Å². The number of anilines is 1. The van der Waals surface area contributed by atoms with Crippen LogP contribution in [-0.2, 0) is 9.59 Å². The lowest BCUT2D eigenvalue weighted by atomic mass is 10.2.